The quantitative estimate of drug-likeness (QED) is 0.161. The molecule has 0 atom stereocenters. The smallest absolute Gasteiger partial charge is 0.338 e. The molecular weight excluding hydrogens is 542 g/mol. The lowest BCUT2D eigenvalue weighted by Crippen LogP contribution is -2.29. The fraction of sp³-hybridized carbons (Fsp3) is 0.222. The van der Waals surface area contributed by atoms with E-state index in [-0.39, 0.29) is 34.5 Å². The van der Waals surface area contributed by atoms with Crippen LogP contribution in [0.5, 0.6) is 11.5 Å². The highest BCUT2D eigenvalue weighted by atomic mass is 16.5. The van der Waals surface area contributed by atoms with Crippen molar-refractivity contribution in [3.05, 3.63) is 125 Å². The summed E-state index contributed by atoms with van der Waals surface area (Å²) in [4.78, 5) is 52.1. The van der Waals surface area contributed by atoms with Gasteiger partial charge in [-0.1, -0.05) is 77.1 Å². The molecule has 0 bridgehead atoms. The number of fused-ring (bicyclic) bond motifs is 1. The molecule has 7 heteroatoms. The van der Waals surface area contributed by atoms with E-state index in [2.05, 4.69) is 26.0 Å². The summed E-state index contributed by atoms with van der Waals surface area (Å²) in [5.41, 5.74) is 2.31. The van der Waals surface area contributed by atoms with Crippen molar-refractivity contribution in [3.8, 4) is 11.5 Å². The summed E-state index contributed by atoms with van der Waals surface area (Å²) in [6, 6.07) is 29.1. The molecule has 0 aromatic heterocycles. The normalized spacial score (nSPS) is 13.1. The van der Waals surface area contributed by atoms with Gasteiger partial charge in [0.2, 0.25) is 0 Å². The summed E-state index contributed by atoms with van der Waals surface area (Å²) in [6.45, 7) is 9.20. The van der Waals surface area contributed by atoms with E-state index in [9.17, 15) is 19.2 Å². The van der Waals surface area contributed by atoms with Crippen molar-refractivity contribution in [1.29, 1.82) is 0 Å². The second-order valence-corrected chi connectivity index (χ2v) is 12.1. The number of hydrogen-bond donors (Lipinski definition) is 0. The third-order valence-electron chi connectivity index (χ3n) is 7.70. The van der Waals surface area contributed by atoms with Crippen molar-refractivity contribution in [2.24, 2.45) is 5.41 Å². The zero-order valence-electron chi connectivity index (χ0n) is 24.8. The molecule has 0 saturated carbocycles. The Bertz CT molecular complexity index is 1700. The van der Waals surface area contributed by atoms with Crippen LogP contribution in [0.15, 0.2) is 97.1 Å². The van der Waals surface area contributed by atoms with E-state index in [0.717, 1.165) is 10.5 Å². The van der Waals surface area contributed by atoms with Crippen LogP contribution in [0.1, 0.15) is 76.8 Å². The van der Waals surface area contributed by atoms with Crippen LogP contribution in [-0.2, 0) is 14.9 Å². The topological polar surface area (TPSA) is 90.0 Å². The minimum absolute atomic E-state index is 0.0883. The molecule has 2 amide bonds. The van der Waals surface area contributed by atoms with Gasteiger partial charge >= 0.3 is 5.97 Å². The van der Waals surface area contributed by atoms with Gasteiger partial charge in [-0.25, -0.2) is 9.69 Å². The van der Waals surface area contributed by atoms with Gasteiger partial charge in [0.05, 0.1) is 22.4 Å². The van der Waals surface area contributed by atoms with Crippen molar-refractivity contribution in [1.82, 2.24) is 0 Å². The Morgan fingerprint density at radius 2 is 1.23 bits per heavy atom. The first kappa shape index (κ1) is 29.5. The molecule has 5 rings (SSSR count). The van der Waals surface area contributed by atoms with Crippen LogP contribution in [0, 0.1) is 5.41 Å². The van der Waals surface area contributed by atoms with Gasteiger partial charge in [-0.15, -0.1) is 0 Å². The van der Waals surface area contributed by atoms with Gasteiger partial charge in [0.25, 0.3) is 11.8 Å². The van der Waals surface area contributed by atoms with Crippen LogP contribution in [0.25, 0.3) is 0 Å². The van der Waals surface area contributed by atoms with Crippen LogP contribution >= 0.6 is 0 Å². The Labute approximate surface area is 251 Å². The molecule has 4 aromatic rings. The highest BCUT2D eigenvalue weighted by Crippen LogP contribution is 2.34. The number of benzene rings is 4. The summed E-state index contributed by atoms with van der Waals surface area (Å²) in [5, 5.41) is 0. The standard InChI is InChI=1S/C36H33NO6/c1-35(2,3)31(38)22-42-34(41)23-11-20-29-30(21-23)33(40)37(32(29)39)26-14-18-28(19-15-26)43-27-16-12-25(13-17-27)36(4,5)24-9-7-6-8-10-24/h6-21H,22H2,1-5H3. The molecule has 43 heavy (non-hydrogen) atoms. The van der Waals surface area contributed by atoms with Gasteiger partial charge < -0.3 is 9.47 Å². The number of esters is 1. The first-order valence-corrected chi connectivity index (χ1v) is 14.0. The summed E-state index contributed by atoms with van der Waals surface area (Å²) in [5.74, 6) is -0.804. The number of ether oxygens (including phenoxy) is 2. The lowest BCUT2D eigenvalue weighted by atomic mass is 9.78. The van der Waals surface area contributed by atoms with Crippen molar-refractivity contribution < 1.29 is 28.7 Å². The van der Waals surface area contributed by atoms with E-state index in [4.69, 9.17) is 9.47 Å². The van der Waals surface area contributed by atoms with E-state index in [1.807, 2.05) is 42.5 Å². The van der Waals surface area contributed by atoms with Crippen LogP contribution in [-0.4, -0.2) is 30.2 Å². The number of nitrogens with zero attached hydrogens (tertiary/aromatic N) is 1. The van der Waals surface area contributed by atoms with Gasteiger partial charge in [-0.3, -0.25) is 14.4 Å². The highest BCUT2D eigenvalue weighted by Gasteiger charge is 2.37. The van der Waals surface area contributed by atoms with E-state index in [1.54, 1.807) is 45.0 Å². The maximum atomic E-state index is 13.2. The molecule has 0 saturated heterocycles. The molecule has 0 spiro atoms. The zero-order valence-corrected chi connectivity index (χ0v) is 24.8. The molecule has 1 aliphatic rings. The fourth-order valence-corrected chi connectivity index (χ4v) is 4.79. The summed E-state index contributed by atoms with van der Waals surface area (Å²) in [6.07, 6.45) is 0. The third-order valence-corrected chi connectivity index (χ3v) is 7.70. The van der Waals surface area contributed by atoms with E-state index in [1.165, 1.54) is 23.8 Å². The Morgan fingerprint density at radius 3 is 1.84 bits per heavy atom. The van der Waals surface area contributed by atoms with Gasteiger partial charge in [0.1, 0.15) is 11.5 Å². The van der Waals surface area contributed by atoms with Crippen molar-refractivity contribution in [2.45, 2.75) is 40.0 Å². The van der Waals surface area contributed by atoms with Crippen molar-refractivity contribution in [3.63, 3.8) is 0 Å². The Morgan fingerprint density at radius 1 is 0.674 bits per heavy atom. The number of hydrogen-bond acceptors (Lipinski definition) is 6. The van der Waals surface area contributed by atoms with Crippen LogP contribution in [0.4, 0.5) is 5.69 Å². The van der Waals surface area contributed by atoms with Gasteiger partial charge in [-0.05, 0) is 65.7 Å². The zero-order chi connectivity index (χ0) is 30.9. The monoisotopic (exact) mass is 575 g/mol. The predicted molar refractivity (Wildman–Crippen MR) is 164 cm³/mol. The van der Waals surface area contributed by atoms with Crippen LogP contribution in [0.3, 0.4) is 0 Å². The average Bonchev–Trinajstić information content (AvgIpc) is 3.25. The maximum Gasteiger partial charge on any atom is 0.338 e. The van der Waals surface area contributed by atoms with Crippen LogP contribution in [0.2, 0.25) is 0 Å². The highest BCUT2D eigenvalue weighted by molar-refractivity contribution is 6.34. The summed E-state index contributed by atoms with van der Waals surface area (Å²) >= 11 is 0. The molecule has 0 N–H and O–H groups in total. The number of carbonyl (C=O) groups is 4. The summed E-state index contributed by atoms with van der Waals surface area (Å²) < 4.78 is 11.2. The summed E-state index contributed by atoms with van der Waals surface area (Å²) in [7, 11) is 0. The molecule has 1 heterocycles. The molecule has 0 fully saturated rings. The molecule has 0 radical (unpaired) electrons. The molecule has 7 nitrogen and oxygen atoms in total. The van der Waals surface area contributed by atoms with E-state index >= 15 is 0 Å². The average molecular weight is 576 g/mol. The first-order chi connectivity index (χ1) is 20.4. The molecule has 0 unspecified atom stereocenters. The number of Topliss-reactive ketones (excluding diaryl/α,β-unsaturated/α-hetero) is 1. The minimum atomic E-state index is -0.739. The second-order valence-electron chi connectivity index (χ2n) is 12.1. The fourth-order valence-electron chi connectivity index (χ4n) is 4.79. The molecule has 0 aliphatic carbocycles. The number of anilines is 1. The number of ketones is 1. The first-order valence-electron chi connectivity index (χ1n) is 14.0. The lowest BCUT2D eigenvalue weighted by Gasteiger charge is -2.26. The molecule has 1 aliphatic heterocycles. The van der Waals surface area contributed by atoms with Crippen molar-refractivity contribution in [2.75, 3.05) is 11.5 Å². The Kier molecular flexibility index (Phi) is 7.76. The molecular formula is C36H33NO6. The van der Waals surface area contributed by atoms with Crippen molar-refractivity contribution >= 4 is 29.3 Å². The second kappa shape index (κ2) is 11.3. The predicted octanol–water partition coefficient (Wildman–Crippen LogP) is 7.38. The lowest BCUT2D eigenvalue weighted by molar-refractivity contribution is -0.129. The Hall–Kier alpha value is -5.04. The van der Waals surface area contributed by atoms with Gasteiger partial charge in [-0.2, -0.15) is 0 Å². The van der Waals surface area contributed by atoms with E-state index < -0.39 is 23.2 Å². The largest absolute Gasteiger partial charge is 0.457 e. The Balaban J connectivity index is 1.26. The number of amides is 2. The number of carbonyl (C=O) groups excluding carboxylic acids is 4. The number of imide groups is 1. The third kappa shape index (κ3) is 5.97. The maximum absolute atomic E-state index is 13.2. The molecule has 4 aromatic carbocycles. The molecule has 218 valence electrons. The van der Waals surface area contributed by atoms with Crippen LogP contribution < -0.4 is 9.64 Å². The SMILES string of the molecule is CC(C)(C)C(=O)COC(=O)c1ccc2c(c1)C(=O)N(c1ccc(Oc3ccc(C(C)(C)c4ccccc4)cc3)cc1)C2=O. The minimum Gasteiger partial charge on any atom is -0.457 e. The number of rotatable bonds is 8. The van der Waals surface area contributed by atoms with Gasteiger partial charge in [0, 0.05) is 10.8 Å². The van der Waals surface area contributed by atoms with Gasteiger partial charge in [0.15, 0.2) is 12.4 Å². The van der Waals surface area contributed by atoms with E-state index in [0.29, 0.717) is 17.2 Å².